The van der Waals surface area contributed by atoms with Crippen LogP contribution < -0.4 is 4.90 Å². The quantitative estimate of drug-likeness (QED) is 0.930. The van der Waals surface area contributed by atoms with Crippen LogP contribution in [0.3, 0.4) is 0 Å². The van der Waals surface area contributed by atoms with E-state index in [1.165, 1.54) is 39.0 Å². The molecule has 0 heterocycles. The molecule has 0 bridgehead atoms. The lowest BCUT2D eigenvalue weighted by atomic mass is 10.1. The van der Waals surface area contributed by atoms with Gasteiger partial charge >= 0.3 is 18.1 Å². The number of hydrogen-bond acceptors (Lipinski definition) is 2. The van der Waals surface area contributed by atoms with Crippen molar-refractivity contribution in [2.75, 3.05) is 4.90 Å². The Balaban J connectivity index is 3.30. The Hall–Kier alpha value is -2.05. The van der Waals surface area contributed by atoms with Gasteiger partial charge in [-0.1, -0.05) is 0 Å². The van der Waals surface area contributed by atoms with E-state index in [9.17, 15) is 22.8 Å². The van der Waals surface area contributed by atoms with Crippen LogP contribution in [-0.2, 0) is 4.79 Å². The van der Waals surface area contributed by atoms with Gasteiger partial charge in [0.05, 0.1) is 5.56 Å². The summed E-state index contributed by atoms with van der Waals surface area (Å²) in [4.78, 5) is 22.9. The highest BCUT2D eigenvalue weighted by Crippen LogP contribution is 2.28. The first kappa shape index (κ1) is 16.0. The van der Waals surface area contributed by atoms with Crippen LogP contribution in [0.15, 0.2) is 18.2 Å². The maximum Gasteiger partial charge on any atom is 0.471 e. The topological polar surface area (TPSA) is 57.6 Å². The number of rotatable bonds is 3. The molecule has 0 saturated carbocycles. The maximum atomic E-state index is 12.6. The summed E-state index contributed by atoms with van der Waals surface area (Å²) >= 11 is 0. The van der Waals surface area contributed by atoms with E-state index < -0.39 is 24.1 Å². The average molecular weight is 289 g/mol. The van der Waals surface area contributed by atoms with E-state index >= 15 is 0 Å². The standard InChI is InChI=1S/C13H14F3NO3/c1-7(2)17(12(20)13(14,15)16)10-5-4-9(11(18)19)6-8(10)3/h4-7H,1-3H3,(H,18,19). The second kappa shape index (κ2) is 5.52. The highest BCUT2D eigenvalue weighted by Gasteiger charge is 2.44. The van der Waals surface area contributed by atoms with E-state index in [0.717, 1.165) is 0 Å². The van der Waals surface area contributed by atoms with Crippen molar-refractivity contribution in [2.24, 2.45) is 0 Å². The summed E-state index contributed by atoms with van der Waals surface area (Å²) in [5, 5.41) is 8.83. The highest BCUT2D eigenvalue weighted by molar-refractivity contribution is 5.99. The molecular formula is C13H14F3NO3. The van der Waals surface area contributed by atoms with E-state index in [1.54, 1.807) is 0 Å². The van der Waals surface area contributed by atoms with Gasteiger partial charge in [-0.25, -0.2) is 4.79 Å². The second-order valence-corrected chi connectivity index (χ2v) is 4.57. The van der Waals surface area contributed by atoms with Gasteiger partial charge < -0.3 is 10.0 Å². The van der Waals surface area contributed by atoms with Crippen LogP contribution >= 0.6 is 0 Å². The Morgan fingerprint density at radius 2 is 1.80 bits per heavy atom. The van der Waals surface area contributed by atoms with Crippen LogP contribution in [0.2, 0.25) is 0 Å². The number of carboxylic acid groups (broad SMARTS) is 1. The van der Waals surface area contributed by atoms with Crippen LogP contribution in [0.4, 0.5) is 18.9 Å². The number of nitrogens with zero attached hydrogens (tertiary/aromatic N) is 1. The van der Waals surface area contributed by atoms with Crippen molar-refractivity contribution in [3.63, 3.8) is 0 Å². The van der Waals surface area contributed by atoms with Gasteiger partial charge in [-0.2, -0.15) is 13.2 Å². The van der Waals surface area contributed by atoms with Crippen LogP contribution in [0.25, 0.3) is 0 Å². The fraction of sp³-hybridized carbons (Fsp3) is 0.385. The SMILES string of the molecule is Cc1cc(C(=O)O)ccc1N(C(=O)C(F)(F)F)C(C)C. The zero-order valence-electron chi connectivity index (χ0n) is 11.2. The van der Waals surface area contributed by atoms with Crippen molar-refractivity contribution in [3.8, 4) is 0 Å². The minimum absolute atomic E-state index is 0.0468. The molecule has 7 heteroatoms. The molecule has 0 aliphatic heterocycles. The summed E-state index contributed by atoms with van der Waals surface area (Å²) in [7, 11) is 0. The van der Waals surface area contributed by atoms with Gasteiger partial charge in [0.15, 0.2) is 0 Å². The molecular weight excluding hydrogens is 275 g/mol. The van der Waals surface area contributed by atoms with Crippen molar-refractivity contribution in [3.05, 3.63) is 29.3 Å². The Bertz CT molecular complexity index is 538. The number of anilines is 1. The van der Waals surface area contributed by atoms with E-state index in [4.69, 9.17) is 5.11 Å². The maximum absolute atomic E-state index is 12.6. The molecule has 0 atom stereocenters. The third kappa shape index (κ3) is 3.28. The highest BCUT2D eigenvalue weighted by atomic mass is 19.4. The minimum atomic E-state index is -4.98. The molecule has 0 saturated heterocycles. The zero-order valence-corrected chi connectivity index (χ0v) is 11.2. The molecule has 0 aromatic heterocycles. The van der Waals surface area contributed by atoms with Crippen molar-refractivity contribution in [1.82, 2.24) is 0 Å². The molecule has 1 rings (SSSR count). The van der Waals surface area contributed by atoms with Crippen molar-refractivity contribution in [1.29, 1.82) is 0 Å². The largest absolute Gasteiger partial charge is 0.478 e. The summed E-state index contributed by atoms with van der Waals surface area (Å²) in [6, 6.07) is 2.90. The predicted octanol–water partition coefficient (Wildman–Crippen LogP) is 3.00. The molecule has 0 aliphatic rings. The van der Waals surface area contributed by atoms with Crippen molar-refractivity contribution in [2.45, 2.75) is 33.0 Å². The van der Waals surface area contributed by atoms with Gasteiger partial charge in [0.1, 0.15) is 0 Å². The number of benzene rings is 1. The first-order chi connectivity index (χ1) is 9.05. The second-order valence-electron chi connectivity index (χ2n) is 4.57. The number of carbonyl (C=O) groups is 2. The van der Waals surface area contributed by atoms with Gasteiger partial charge in [-0.05, 0) is 44.5 Å². The zero-order chi connectivity index (χ0) is 15.7. The van der Waals surface area contributed by atoms with Crippen LogP contribution in [0.1, 0.15) is 29.8 Å². The normalized spacial score (nSPS) is 11.6. The van der Waals surface area contributed by atoms with Gasteiger partial charge in [-0.15, -0.1) is 0 Å². The van der Waals surface area contributed by atoms with E-state index in [0.29, 0.717) is 4.90 Å². The minimum Gasteiger partial charge on any atom is -0.478 e. The Morgan fingerprint density at radius 1 is 1.25 bits per heavy atom. The van der Waals surface area contributed by atoms with Crippen LogP contribution in [0, 0.1) is 6.92 Å². The third-order valence-corrected chi connectivity index (χ3v) is 2.68. The molecule has 110 valence electrons. The predicted molar refractivity (Wildman–Crippen MR) is 66.8 cm³/mol. The number of aromatic carboxylic acids is 1. The molecule has 1 aromatic carbocycles. The van der Waals surface area contributed by atoms with Crippen molar-refractivity contribution >= 4 is 17.6 Å². The number of amides is 1. The smallest absolute Gasteiger partial charge is 0.471 e. The lowest BCUT2D eigenvalue weighted by Gasteiger charge is -2.29. The van der Waals surface area contributed by atoms with E-state index in [1.807, 2.05) is 0 Å². The summed E-state index contributed by atoms with van der Waals surface area (Å²) in [5.74, 6) is -3.16. The van der Waals surface area contributed by atoms with Gasteiger partial charge in [0.25, 0.3) is 0 Å². The summed E-state index contributed by atoms with van der Waals surface area (Å²) in [6.07, 6.45) is -4.98. The molecule has 0 spiro atoms. The molecule has 1 aromatic rings. The number of halogens is 3. The van der Waals surface area contributed by atoms with Gasteiger partial charge in [0, 0.05) is 11.7 Å². The number of carboxylic acids is 1. The number of carbonyl (C=O) groups excluding carboxylic acids is 1. The van der Waals surface area contributed by atoms with E-state index in [-0.39, 0.29) is 16.8 Å². The molecule has 1 N–H and O–H groups in total. The first-order valence-electron chi connectivity index (χ1n) is 5.80. The Morgan fingerprint density at radius 3 is 2.15 bits per heavy atom. The summed E-state index contributed by atoms with van der Waals surface area (Å²) < 4.78 is 37.8. The summed E-state index contributed by atoms with van der Waals surface area (Å²) in [5.41, 5.74) is 0.290. The van der Waals surface area contributed by atoms with Crippen molar-refractivity contribution < 1.29 is 27.9 Å². The number of aryl methyl sites for hydroxylation is 1. The number of hydrogen-bond donors (Lipinski definition) is 1. The average Bonchev–Trinajstić information content (AvgIpc) is 2.29. The Labute approximate surface area is 113 Å². The van der Waals surface area contributed by atoms with E-state index in [2.05, 4.69) is 0 Å². The molecule has 0 unspecified atom stereocenters. The van der Waals surface area contributed by atoms with Crippen LogP contribution in [-0.4, -0.2) is 29.2 Å². The molecule has 0 radical (unpaired) electrons. The first-order valence-corrected chi connectivity index (χ1v) is 5.80. The fourth-order valence-corrected chi connectivity index (χ4v) is 1.82. The fourth-order valence-electron chi connectivity index (χ4n) is 1.82. The van der Waals surface area contributed by atoms with Gasteiger partial charge in [-0.3, -0.25) is 4.79 Å². The monoisotopic (exact) mass is 289 g/mol. The lowest BCUT2D eigenvalue weighted by molar-refractivity contribution is -0.170. The summed E-state index contributed by atoms with van der Waals surface area (Å²) in [6.45, 7) is 4.36. The molecule has 1 amide bonds. The van der Waals surface area contributed by atoms with Gasteiger partial charge in [0.2, 0.25) is 0 Å². The third-order valence-electron chi connectivity index (χ3n) is 2.68. The molecule has 0 aliphatic carbocycles. The molecule has 20 heavy (non-hydrogen) atoms. The molecule has 4 nitrogen and oxygen atoms in total. The Kier molecular flexibility index (Phi) is 4.42. The number of alkyl halides is 3. The molecule has 0 fully saturated rings. The van der Waals surface area contributed by atoms with Crippen LogP contribution in [0.5, 0.6) is 0 Å². The lowest BCUT2D eigenvalue weighted by Crippen LogP contribution is -2.45.